The molecule has 2 aliphatic carbocycles. The Labute approximate surface area is 216 Å². The summed E-state index contributed by atoms with van der Waals surface area (Å²) in [6, 6.07) is 20.6. The molecule has 3 aromatic rings. The fourth-order valence-corrected chi connectivity index (χ4v) is 5.94. The summed E-state index contributed by atoms with van der Waals surface area (Å²) in [5, 5.41) is 10.3. The van der Waals surface area contributed by atoms with Gasteiger partial charge in [0.15, 0.2) is 0 Å². The summed E-state index contributed by atoms with van der Waals surface area (Å²) in [7, 11) is 3.09. The van der Waals surface area contributed by atoms with Crippen molar-refractivity contribution in [2.45, 2.75) is 31.3 Å². The Hall–Kier alpha value is -4.06. The minimum atomic E-state index is -0.972. The molecule has 0 amide bonds. The van der Waals surface area contributed by atoms with Crippen LogP contribution in [0.25, 0.3) is 6.08 Å². The zero-order chi connectivity index (χ0) is 25.9. The molecular weight excluding hydrogens is 468 g/mol. The number of ether oxygens (including phenoxy) is 3. The number of benzene rings is 3. The van der Waals surface area contributed by atoms with E-state index in [0.29, 0.717) is 22.6 Å². The summed E-state index contributed by atoms with van der Waals surface area (Å²) in [6.07, 6.45) is 6.10. The van der Waals surface area contributed by atoms with Crippen LogP contribution < -0.4 is 9.47 Å². The first-order valence-electron chi connectivity index (χ1n) is 12.5. The van der Waals surface area contributed by atoms with Gasteiger partial charge in [-0.25, -0.2) is 0 Å². The van der Waals surface area contributed by atoms with Crippen molar-refractivity contribution < 1.29 is 28.9 Å². The maximum atomic E-state index is 13.8. The molecule has 2 aliphatic rings. The van der Waals surface area contributed by atoms with E-state index in [0.717, 1.165) is 24.0 Å². The third-order valence-corrected chi connectivity index (χ3v) is 7.64. The molecule has 190 valence electrons. The molecule has 0 radical (unpaired) electrons. The Morgan fingerprint density at radius 1 is 0.838 bits per heavy atom. The van der Waals surface area contributed by atoms with Crippen molar-refractivity contribution in [3.05, 3.63) is 101 Å². The van der Waals surface area contributed by atoms with Gasteiger partial charge in [-0.05, 0) is 52.8 Å². The second-order valence-corrected chi connectivity index (χ2v) is 9.46. The lowest BCUT2D eigenvalue weighted by atomic mass is 9.52. The zero-order valence-electron chi connectivity index (χ0n) is 20.9. The molecule has 0 saturated heterocycles. The number of carbonyl (C=O) groups is 2. The Kier molecular flexibility index (Phi) is 6.99. The molecule has 1 N–H and O–H groups in total. The number of aliphatic carboxylic acids is 1. The molecule has 5 rings (SSSR count). The Morgan fingerprint density at radius 3 is 2.05 bits per heavy atom. The molecule has 0 aliphatic heterocycles. The molecule has 1 fully saturated rings. The normalized spacial score (nSPS) is 21.9. The van der Waals surface area contributed by atoms with Gasteiger partial charge in [0.1, 0.15) is 18.1 Å². The highest BCUT2D eigenvalue weighted by molar-refractivity contribution is 5.85. The Bertz CT molecular complexity index is 1290. The molecule has 6 heteroatoms. The van der Waals surface area contributed by atoms with Crippen molar-refractivity contribution in [3.8, 4) is 11.5 Å². The number of carbonyl (C=O) groups excluding carboxylic acids is 1. The summed E-state index contributed by atoms with van der Waals surface area (Å²) < 4.78 is 17.1. The maximum absolute atomic E-state index is 13.8. The number of fused-ring (bicyclic) bond motifs is 1. The van der Waals surface area contributed by atoms with Crippen molar-refractivity contribution in [2.75, 3.05) is 14.2 Å². The predicted octanol–water partition coefficient (Wildman–Crippen LogP) is 5.60. The number of methoxy groups -OCH3 is 2. The second kappa shape index (κ2) is 10.5. The number of para-hydroxylation sites is 2. The first-order valence-corrected chi connectivity index (χ1v) is 12.5. The number of allylic oxidation sites excluding steroid dienone is 1. The van der Waals surface area contributed by atoms with E-state index in [1.165, 1.54) is 5.56 Å². The van der Waals surface area contributed by atoms with Crippen LogP contribution >= 0.6 is 0 Å². The van der Waals surface area contributed by atoms with Crippen LogP contribution in [0.15, 0.2) is 72.8 Å². The highest BCUT2D eigenvalue weighted by atomic mass is 16.5. The SMILES string of the molecule is COc1ccccc1C1C(C(=O)O)[C@H](c2ccccc2OC)C1C(=O)OCc1cccc2c1CCC=C2. The molecule has 0 bridgehead atoms. The van der Waals surface area contributed by atoms with Gasteiger partial charge in [0.05, 0.1) is 26.1 Å². The Balaban J connectivity index is 1.52. The molecule has 1 saturated carbocycles. The lowest BCUT2D eigenvalue weighted by molar-refractivity contribution is -0.165. The summed E-state index contributed by atoms with van der Waals surface area (Å²) in [5.41, 5.74) is 4.69. The van der Waals surface area contributed by atoms with Gasteiger partial charge >= 0.3 is 11.9 Å². The average Bonchev–Trinajstić information content (AvgIpc) is 2.91. The molecular formula is C31H30O6. The number of hydrogen-bond acceptors (Lipinski definition) is 5. The van der Waals surface area contributed by atoms with Crippen LogP contribution in [0.5, 0.6) is 11.5 Å². The maximum Gasteiger partial charge on any atom is 0.310 e. The van der Waals surface area contributed by atoms with Gasteiger partial charge in [-0.3, -0.25) is 9.59 Å². The van der Waals surface area contributed by atoms with Crippen LogP contribution in [-0.4, -0.2) is 31.3 Å². The van der Waals surface area contributed by atoms with E-state index in [4.69, 9.17) is 14.2 Å². The van der Waals surface area contributed by atoms with Gasteiger partial charge in [-0.2, -0.15) is 0 Å². The summed E-state index contributed by atoms with van der Waals surface area (Å²) in [5.74, 6) is -3.06. The smallest absolute Gasteiger partial charge is 0.310 e. The summed E-state index contributed by atoms with van der Waals surface area (Å²) in [6.45, 7) is 0.140. The van der Waals surface area contributed by atoms with Crippen molar-refractivity contribution in [3.63, 3.8) is 0 Å². The minimum Gasteiger partial charge on any atom is -0.496 e. The van der Waals surface area contributed by atoms with Crippen molar-refractivity contribution in [1.29, 1.82) is 0 Å². The van der Waals surface area contributed by atoms with Crippen molar-refractivity contribution in [1.82, 2.24) is 0 Å². The molecule has 3 aromatic carbocycles. The van der Waals surface area contributed by atoms with Crippen LogP contribution in [0.2, 0.25) is 0 Å². The van der Waals surface area contributed by atoms with E-state index in [-0.39, 0.29) is 6.61 Å². The highest BCUT2D eigenvalue weighted by Gasteiger charge is 2.60. The lowest BCUT2D eigenvalue weighted by Gasteiger charge is -2.49. The average molecular weight is 499 g/mol. The van der Waals surface area contributed by atoms with Gasteiger partial charge in [-0.1, -0.05) is 66.7 Å². The van der Waals surface area contributed by atoms with E-state index in [1.54, 1.807) is 26.4 Å². The minimum absolute atomic E-state index is 0.140. The van der Waals surface area contributed by atoms with E-state index in [1.807, 2.05) is 48.5 Å². The van der Waals surface area contributed by atoms with Crippen LogP contribution in [0.1, 0.15) is 46.1 Å². The third-order valence-electron chi connectivity index (χ3n) is 7.64. The molecule has 0 spiro atoms. The molecule has 0 aromatic heterocycles. The zero-order valence-corrected chi connectivity index (χ0v) is 20.9. The number of esters is 1. The molecule has 0 heterocycles. The van der Waals surface area contributed by atoms with E-state index >= 15 is 0 Å². The molecule has 6 nitrogen and oxygen atoms in total. The van der Waals surface area contributed by atoms with Crippen LogP contribution in [-0.2, 0) is 27.4 Å². The van der Waals surface area contributed by atoms with E-state index < -0.39 is 35.6 Å². The summed E-state index contributed by atoms with van der Waals surface area (Å²) >= 11 is 0. The number of carboxylic acid groups (broad SMARTS) is 1. The van der Waals surface area contributed by atoms with Gasteiger partial charge in [0.25, 0.3) is 0 Å². The van der Waals surface area contributed by atoms with Crippen LogP contribution in [0.3, 0.4) is 0 Å². The predicted molar refractivity (Wildman–Crippen MR) is 140 cm³/mol. The van der Waals surface area contributed by atoms with Crippen molar-refractivity contribution >= 4 is 18.0 Å². The van der Waals surface area contributed by atoms with Crippen LogP contribution in [0.4, 0.5) is 0 Å². The number of rotatable bonds is 8. The second-order valence-electron chi connectivity index (χ2n) is 9.46. The lowest BCUT2D eigenvalue weighted by Crippen LogP contribution is -2.51. The first-order chi connectivity index (χ1) is 18.0. The molecule has 4 atom stereocenters. The third kappa shape index (κ3) is 4.48. The van der Waals surface area contributed by atoms with Crippen molar-refractivity contribution in [2.24, 2.45) is 11.8 Å². The number of carboxylic acids is 1. The fourth-order valence-electron chi connectivity index (χ4n) is 5.94. The first kappa shape index (κ1) is 24.6. The number of hydrogen-bond donors (Lipinski definition) is 1. The largest absolute Gasteiger partial charge is 0.496 e. The van der Waals surface area contributed by atoms with Gasteiger partial charge in [-0.15, -0.1) is 0 Å². The van der Waals surface area contributed by atoms with Crippen LogP contribution in [0, 0.1) is 11.8 Å². The quantitative estimate of drug-likeness (QED) is 0.407. The van der Waals surface area contributed by atoms with Gasteiger partial charge in [0.2, 0.25) is 0 Å². The topological polar surface area (TPSA) is 82.1 Å². The fraction of sp³-hybridized carbons (Fsp3) is 0.290. The standard InChI is InChI=1S/C31H30O6/c1-35-24-16-7-5-14-22(24)26-28(30(32)33)27(23-15-6-8-17-25(23)36-2)29(26)31(34)37-18-20-12-9-11-19-10-3-4-13-21(19)20/h3,5-12,14-17,26-29H,4,13,18H2,1-2H3,(H,32,33)/t26-,27?,28?,29?/m0/s1. The summed E-state index contributed by atoms with van der Waals surface area (Å²) in [4.78, 5) is 26.4. The highest BCUT2D eigenvalue weighted by Crippen LogP contribution is 2.60. The van der Waals surface area contributed by atoms with Gasteiger partial charge < -0.3 is 19.3 Å². The van der Waals surface area contributed by atoms with E-state index in [9.17, 15) is 14.7 Å². The molecule has 3 unspecified atom stereocenters. The van der Waals surface area contributed by atoms with E-state index in [2.05, 4.69) is 18.2 Å². The molecule has 37 heavy (non-hydrogen) atoms. The Morgan fingerprint density at radius 2 is 1.46 bits per heavy atom. The van der Waals surface area contributed by atoms with Gasteiger partial charge in [0, 0.05) is 11.8 Å². The monoisotopic (exact) mass is 498 g/mol.